The smallest absolute Gasteiger partial charge is 0.303 e. The number of anilines is 2. The monoisotopic (exact) mass is 417 g/mol. The third-order valence-corrected chi connectivity index (χ3v) is 5.46. The maximum absolute atomic E-state index is 10.8. The molecule has 0 radical (unpaired) electrons. The molecule has 0 saturated heterocycles. The molecule has 0 fully saturated rings. The molecule has 0 aliphatic carbocycles. The van der Waals surface area contributed by atoms with E-state index in [1.807, 2.05) is 30.3 Å². The fraction of sp³-hybridized carbons (Fsp3) is 0.292. The zero-order valence-electron chi connectivity index (χ0n) is 17.3. The van der Waals surface area contributed by atoms with Crippen molar-refractivity contribution in [2.45, 2.75) is 31.3 Å². The van der Waals surface area contributed by atoms with E-state index in [9.17, 15) is 4.79 Å². The summed E-state index contributed by atoms with van der Waals surface area (Å²) >= 11 is 0. The van der Waals surface area contributed by atoms with Crippen LogP contribution in [0.5, 0.6) is 0 Å². The van der Waals surface area contributed by atoms with Crippen LogP contribution in [0.25, 0.3) is 0 Å². The number of carbonyl (C=O) groups is 1. The molecular weight excluding hydrogens is 390 g/mol. The third kappa shape index (κ3) is 5.58. The second kappa shape index (κ2) is 10.0. The van der Waals surface area contributed by atoms with E-state index < -0.39 is 5.97 Å². The van der Waals surface area contributed by atoms with Crippen molar-refractivity contribution in [2.24, 2.45) is 0 Å². The Balaban J connectivity index is 1.42. The van der Waals surface area contributed by atoms with E-state index in [1.165, 1.54) is 5.56 Å². The van der Waals surface area contributed by atoms with Gasteiger partial charge in [0.15, 0.2) is 0 Å². The van der Waals surface area contributed by atoms with Crippen molar-refractivity contribution in [3.05, 3.63) is 83.8 Å². The standard InChI is InChI=1S/C24H27N5O2/c30-22(31)9-8-19-15-17(10-13-25-19)11-14-26-23(18-5-2-1-3-6-18)21-16-28-20-7-4-12-27-24(20)29-21/h1-7,10,12-13,15,21,23,26,28H,8-9,11,14,16H2,(H,27,29)(H,30,31)/t21-,23-/m1/s1. The average molecular weight is 418 g/mol. The summed E-state index contributed by atoms with van der Waals surface area (Å²) in [5, 5.41) is 19.7. The van der Waals surface area contributed by atoms with Crippen LogP contribution in [-0.4, -0.2) is 40.2 Å². The second-order valence-electron chi connectivity index (χ2n) is 7.67. The van der Waals surface area contributed by atoms with Gasteiger partial charge in [0.25, 0.3) is 0 Å². The highest BCUT2D eigenvalue weighted by Gasteiger charge is 2.27. The lowest BCUT2D eigenvalue weighted by Gasteiger charge is -2.34. The first-order chi connectivity index (χ1) is 15.2. The molecule has 1 aromatic carbocycles. The van der Waals surface area contributed by atoms with Crippen LogP contribution < -0.4 is 16.0 Å². The van der Waals surface area contributed by atoms with Gasteiger partial charge < -0.3 is 21.1 Å². The number of benzene rings is 1. The Morgan fingerprint density at radius 1 is 1.10 bits per heavy atom. The number of aryl methyl sites for hydroxylation is 1. The molecule has 160 valence electrons. The highest BCUT2D eigenvalue weighted by Crippen LogP contribution is 2.28. The Morgan fingerprint density at radius 3 is 2.81 bits per heavy atom. The number of nitrogens with one attached hydrogen (secondary N) is 3. The molecule has 7 nitrogen and oxygen atoms in total. The minimum absolute atomic E-state index is 0.0979. The minimum Gasteiger partial charge on any atom is -0.481 e. The first-order valence-electron chi connectivity index (χ1n) is 10.6. The molecule has 2 atom stereocenters. The maximum Gasteiger partial charge on any atom is 0.303 e. The summed E-state index contributed by atoms with van der Waals surface area (Å²) in [6.45, 7) is 1.58. The van der Waals surface area contributed by atoms with E-state index in [-0.39, 0.29) is 18.5 Å². The van der Waals surface area contributed by atoms with Gasteiger partial charge in [0, 0.05) is 31.1 Å². The van der Waals surface area contributed by atoms with Gasteiger partial charge in [0.05, 0.1) is 24.2 Å². The van der Waals surface area contributed by atoms with E-state index >= 15 is 0 Å². The van der Waals surface area contributed by atoms with E-state index in [0.29, 0.717) is 6.42 Å². The van der Waals surface area contributed by atoms with E-state index in [4.69, 9.17) is 5.11 Å². The molecule has 1 aliphatic rings. The lowest BCUT2D eigenvalue weighted by molar-refractivity contribution is -0.136. The summed E-state index contributed by atoms with van der Waals surface area (Å²) in [6.07, 6.45) is 4.94. The van der Waals surface area contributed by atoms with Gasteiger partial charge in [0.2, 0.25) is 0 Å². The summed E-state index contributed by atoms with van der Waals surface area (Å²) < 4.78 is 0. The summed E-state index contributed by atoms with van der Waals surface area (Å²) in [5.41, 5.74) is 4.21. The van der Waals surface area contributed by atoms with Gasteiger partial charge in [-0.1, -0.05) is 30.3 Å². The van der Waals surface area contributed by atoms with E-state index in [1.54, 1.807) is 12.4 Å². The van der Waals surface area contributed by atoms with Gasteiger partial charge in [-0.15, -0.1) is 0 Å². The molecule has 2 aromatic heterocycles. The van der Waals surface area contributed by atoms with Crippen molar-refractivity contribution in [1.29, 1.82) is 0 Å². The molecular formula is C24H27N5O2. The van der Waals surface area contributed by atoms with Crippen LogP contribution in [0, 0.1) is 0 Å². The number of aliphatic carboxylic acids is 1. The van der Waals surface area contributed by atoms with Crippen molar-refractivity contribution < 1.29 is 9.90 Å². The van der Waals surface area contributed by atoms with Crippen LogP contribution in [0.4, 0.5) is 11.5 Å². The summed E-state index contributed by atoms with van der Waals surface area (Å²) in [6, 6.07) is 18.6. The highest BCUT2D eigenvalue weighted by molar-refractivity contribution is 5.67. The fourth-order valence-corrected chi connectivity index (χ4v) is 3.89. The van der Waals surface area contributed by atoms with Gasteiger partial charge in [-0.05, 0) is 48.4 Å². The molecule has 1 aliphatic heterocycles. The number of carboxylic acid groups (broad SMARTS) is 1. The van der Waals surface area contributed by atoms with Crippen LogP contribution in [0.3, 0.4) is 0 Å². The number of rotatable bonds is 9. The van der Waals surface area contributed by atoms with E-state index in [0.717, 1.165) is 42.3 Å². The Hall–Kier alpha value is -3.45. The van der Waals surface area contributed by atoms with Gasteiger partial charge in [0.1, 0.15) is 5.82 Å². The number of aromatic nitrogens is 2. The third-order valence-electron chi connectivity index (χ3n) is 5.46. The lowest BCUT2D eigenvalue weighted by atomic mass is 9.97. The molecule has 0 unspecified atom stereocenters. The van der Waals surface area contributed by atoms with Crippen molar-refractivity contribution >= 4 is 17.5 Å². The first-order valence-corrected chi connectivity index (χ1v) is 10.6. The predicted octanol–water partition coefficient (Wildman–Crippen LogP) is 3.27. The summed E-state index contributed by atoms with van der Waals surface area (Å²) in [7, 11) is 0. The van der Waals surface area contributed by atoms with Crippen LogP contribution in [0.15, 0.2) is 67.0 Å². The number of hydrogen-bond acceptors (Lipinski definition) is 6. The highest BCUT2D eigenvalue weighted by atomic mass is 16.4. The second-order valence-corrected chi connectivity index (χ2v) is 7.67. The number of nitrogens with zero attached hydrogens (tertiary/aromatic N) is 2. The minimum atomic E-state index is -0.802. The zero-order valence-corrected chi connectivity index (χ0v) is 17.3. The predicted molar refractivity (Wildman–Crippen MR) is 121 cm³/mol. The van der Waals surface area contributed by atoms with Crippen LogP contribution in [0.1, 0.15) is 29.3 Å². The first kappa shape index (κ1) is 20.8. The molecule has 0 bridgehead atoms. The van der Waals surface area contributed by atoms with Crippen molar-refractivity contribution in [3.8, 4) is 0 Å². The maximum atomic E-state index is 10.8. The van der Waals surface area contributed by atoms with Gasteiger partial charge in [-0.3, -0.25) is 9.78 Å². The Morgan fingerprint density at radius 2 is 1.97 bits per heavy atom. The molecule has 0 spiro atoms. The lowest BCUT2D eigenvalue weighted by Crippen LogP contribution is -2.44. The van der Waals surface area contributed by atoms with Crippen LogP contribution in [-0.2, 0) is 17.6 Å². The largest absolute Gasteiger partial charge is 0.481 e. The fourth-order valence-electron chi connectivity index (χ4n) is 3.89. The Kier molecular flexibility index (Phi) is 6.74. The van der Waals surface area contributed by atoms with Crippen LogP contribution >= 0.6 is 0 Å². The number of fused-ring (bicyclic) bond motifs is 1. The molecule has 31 heavy (non-hydrogen) atoms. The quantitative estimate of drug-likeness (QED) is 0.424. The molecule has 7 heteroatoms. The SMILES string of the molecule is O=C(O)CCc1cc(CCN[C@H](c2ccccc2)[C@H]2CNc3cccnc3N2)ccn1. The molecule has 4 N–H and O–H groups in total. The van der Waals surface area contributed by atoms with Gasteiger partial charge >= 0.3 is 5.97 Å². The van der Waals surface area contributed by atoms with E-state index in [2.05, 4.69) is 50.2 Å². The molecule has 3 aromatic rings. The summed E-state index contributed by atoms with van der Waals surface area (Å²) in [5.74, 6) is 0.0721. The average Bonchev–Trinajstić information content (AvgIpc) is 2.81. The number of hydrogen-bond donors (Lipinski definition) is 4. The van der Waals surface area contributed by atoms with Crippen LogP contribution in [0.2, 0.25) is 0 Å². The van der Waals surface area contributed by atoms with Crippen molar-refractivity contribution in [1.82, 2.24) is 15.3 Å². The summed E-state index contributed by atoms with van der Waals surface area (Å²) in [4.78, 5) is 19.6. The molecule has 4 rings (SSSR count). The Bertz CT molecular complexity index is 1010. The molecule has 0 saturated carbocycles. The number of carboxylic acids is 1. The normalized spacial score (nSPS) is 15.9. The van der Waals surface area contributed by atoms with Gasteiger partial charge in [-0.2, -0.15) is 0 Å². The van der Waals surface area contributed by atoms with Crippen molar-refractivity contribution in [3.63, 3.8) is 0 Å². The number of pyridine rings is 2. The Labute approximate surface area is 182 Å². The van der Waals surface area contributed by atoms with Gasteiger partial charge in [-0.25, -0.2) is 4.98 Å². The topological polar surface area (TPSA) is 99.2 Å². The molecule has 0 amide bonds. The molecule has 3 heterocycles. The zero-order chi connectivity index (χ0) is 21.5. The van der Waals surface area contributed by atoms with Crippen molar-refractivity contribution in [2.75, 3.05) is 23.7 Å².